The van der Waals surface area contributed by atoms with E-state index in [0.29, 0.717) is 43.0 Å². The molecule has 0 aliphatic carbocycles. The number of aromatic amines is 1. The number of aromatic nitrogens is 4. The minimum atomic E-state index is -1.06. The van der Waals surface area contributed by atoms with E-state index in [0.717, 1.165) is 22.0 Å². The molecule has 5 rings (SSSR count). The lowest BCUT2D eigenvalue weighted by Gasteiger charge is -2.42. The highest BCUT2D eigenvalue weighted by molar-refractivity contribution is 5.91. The standard InChI is InChI=1S/C29H35FN10O3/c1-17-6-7-21-20(14-33-36-21)24(17)22-16-43-25-26(38(22)5)34-29(32-11-9-23(41)37(3)4)35-27(25)39-12-13-40(28(42)18(2)30)19(15-39)8-10-31/h6-7,14,19,22H,2,8-9,11-13,15-16H2,1,3-5H3,(H,33,36)(H,32,34,35)/t19-,22?/m0/s1. The van der Waals surface area contributed by atoms with E-state index >= 15 is 0 Å². The smallest absolute Gasteiger partial charge is 0.282 e. The number of rotatable bonds is 8. The summed E-state index contributed by atoms with van der Waals surface area (Å²) in [4.78, 5) is 41.1. The molecule has 1 saturated heterocycles. The minimum absolute atomic E-state index is 0.0113. The normalized spacial score (nSPS) is 18.1. The third-order valence-corrected chi connectivity index (χ3v) is 7.96. The zero-order chi connectivity index (χ0) is 30.8. The third kappa shape index (κ3) is 5.75. The number of fused-ring (bicyclic) bond motifs is 2. The summed E-state index contributed by atoms with van der Waals surface area (Å²) in [6, 6.07) is 5.38. The number of aryl methyl sites for hydroxylation is 1. The Morgan fingerprint density at radius 1 is 1.28 bits per heavy atom. The van der Waals surface area contributed by atoms with Crippen LogP contribution in [0.3, 0.4) is 0 Å². The minimum Gasteiger partial charge on any atom is -0.484 e. The molecular weight excluding hydrogens is 555 g/mol. The van der Waals surface area contributed by atoms with E-state index in [2.05, 4.69) is 33.1 Å². The molecule has 0 spiro atoms. The van der Waals surface area contributed by atoms with Crippen LogP contribution in [0.1, 0.15) is 30.0 Å². The Morgan fingerprint density at radius 2 is 2.05 bits per heavy atom. The van der Waals surface area contributed by atoms with Crippen LogP contribution in [-0.2, 0) is 9.59 Å². The number of likely N-dealkylation sites (N-methyl/N-ethyl adjacent to an activating group) is 1. The largest absolute Gasteiger partial charge is 0.484 e. The van der Waals surface area contributed by atoms with Gasteiger partial charge in [-0.3, -0.25) is 14.7 Å². The summed E-state index contributed by atoms with van der Waals surface area (Å²) in [7, 11) is 5.35. The summed E-state index contributed by atoms with van der Waals surface area (Å²) >= 11 is 0. The summed E-state index contributed by atoms with van der Waals surface area (Å²) in [6.45, 7) is 6.56. The van der Waals surface area contributed by atoms with Crippen LogP contribution in [0.5, 0.6) is 5.75 Å². The van der Waals surface area contributed by atoms with Gasteiger partial charge in [-0.05, 0) is 24.1 Å². The van der Waals surface area contributed by atoms with Crippen LogP contribution in [0.2, 0.25) is 0 Å². The number of amides is 2. The van der Waals surface area contributed by atoms with E-state index in [-0.39, 0.29) is 37.9 Å². The number of nitrogens with one attached hydrogen (secondary N) is 2. The summed E-state index contributed by atoms with van der Waals surface area (Å²) in [5.74, 6) is -0.101. The molecule has 1 fully saturated rings. The average Bonchev–Trinajstić information content (AvgIpc) is 3.46. The Bertz CT molecular complexity index is 1600. The van der Waals surface area contributed by atoms with Crippen molar-refractivity contribution in [1.29, 1.82) is 5.26 Å². The highest BCUT2D eigenvalue weighted by atomic mass is 19.1. The van der Waals surface area contributed by atoms with Crippen molar-refractivity contribution in [2.24, 2.45) is 0 Å². The summed E-state index contributed by atoms with van der Waals surface area (Å²) in [5.41, 5.74) is 3.07. The summed E-state index contributed by atoms with van der Waals surface area (Å²) in [5, 5.41) is 20.9. The summed E-state index contributed by atoms with van der Waals surface area (Å²) < 4.78 is 20.2. The molecule has 13 nitrogen and oxygen atoms in total. The zero-order valence-electron chi connectivity index (χ0n) is 24.7. The van der Waals surface area contributed by atoms with Gasteiger partial charge in [0, 0.05) is 59.1 Å². The quantitative estimate of drug-likeness (QED) is 0.375. The summed E-state index contributed by atoms with van der Waals surface area (Å²) in [6.07, 6.45) is 2.07. The number of nitrogens with zero attached hydrogens (tertiary/aromatic N) is 8. The van der Waals surface area contributed by atoms with Gasteiger partial charge >= 0.3 is 0 Å². The lowest BCUT2D eigenvalue weighted by Crippen LogP contribution is -2.55. The molecule has 0 saturated carbocycles. The van der Waals surface area contributed by atoms with Gasteiger partial charge in [0.1, 0.15) is 6.61 Å². The van der Waals surface area contributed by atoms with Gasteiger partial charge in [-0.15, -0.1) is 0 Å². The molecule has 0 bridgehead atoms. The zero-order valence-corrected chi connectivity index (χ0v) is 24.7. The number of halogens is 1. The Labute approximate surface area is 248 Å². The maximum Gasteiger partial charge on any atom is 0.282 e. The van der Waals surface area contributed by atoms with Crippen molar-refractivity contribution in [3.05, 3.63) is 41.9 Å². The van der Waals surface area contributed by atoms with Gasteiger partial charge in [0.2, 0.25) is 17.6 Å². The molecule has 2 aliphatic rings. The molecule has 0 radical (unpaired) electrons. The number of hydrogen-bond acceptors (Lipinski definition) is 10. The monoisotopic (exact) mass is 590 g/mol. The van der Waals surface area contributed by atoms with Gasteiger partial charge in [0.15, 0.2) is 17.5 Å². The van der Waals surface area contributed by atoms with Gasteiger partial charge in [-0.25, -0.2) is 4.39 Å². The second-order valence-electron chi connectivity index (χ2n) is 10.9. The lowest BCUT2D eigenvalue weighted by atomic mass is 9.96. The van der Waals surface area contributed by atoms with Gasteiger partial charge < -0.3 is 29.7 Å². The molecule has 4 heterocycles. The van der Waals surface area contributed by atoms with Crippen molar-refractivity contribution < 1.29 is 18.7 Å². The van der Waals surface area contributed by atoms with Gasteiger partial charge in [0.25, 0.3) is 5.91 Å². The SMILES string of the molecule is C=C(F)C(=O)N1CCN(c2nc(NCCC(=O)N(C)C)nc3c2OCC(c2c(C)ccc4[nH]ncc24)N3C)C[C@@H]1CC#N. The van der Waals surface area contributed by atoms with Crippen molar-refractivity contribution in [3.63, 3.8) is 0 Å². The van der Waals surface area contributed by atoms with Crippen LogP contribution in [-0.4, -0.2) is 102 Å². The van der Waals surface area contributed by atoms with Gasteiger partial charge in [0.05, 0.1) is 36.3 Å². The Balaban J connectivity index is 1.52. The van der Waals surface area contributed by atoms with Crippen LogP contribution in [0.25, 0.3) is 10.9 Å². The number of benzene rings is 1. The van der Waals surface area contributed by atoms with Crippen LogP contribution < -0.4 is 19.9 Å². The van der Waals surface area contributed by atoms with Gasteiger partial charge in [-0.1, -0.05) is 12.6 Å². The van der Waals surface area contributed by atoms with E-state index in [1.165, 1.54) is 9.80 Å². The first-order valence-corrected chi connectivity index (χ1v) is 14.0. The van der Waals surface area contributed by atoms with Crippen LogP contribution in [0.4, 0.5) is 22.0 Å². The Kier molecular flexibility index (Phi) is 8.33. The van der Waals surface area contributed by atoms with E-state index in [9.17, 15) is 19.2 Å². The lowest BCUT2D eigenvalue weighted by molar-refractivity contribution is -0.131. The van der Waals surface area contributed by atoms with E-state index in [1.807, 2.05) is 37.2 Å². The van der Waals surface area contributed by atoms with Crippen molar-refractivity contribution in [1.82, 2.24) is 30.0 Å². The number of carbonyl (C=O) groups is 2. The van der Waals surface area contributed by atoms with Gasteiger partial charge in [-0.2, -0.15) is 20.3 Å². The molecule has 1 unspecified atom stereocenters. The Hall–Kier alpha value is -4.93. The van der Waals surface area contributed by atoms with Crippen molar-refractivity contribution in [2.45, 2.75) is 31.8 Å². The predicted molar refractivity (Wildman–Crippen MR) is 159 cm³/mol. The molecule has 2 atom stereocenters. The first-order valence-electron chi connectivity index (χ1n) is 14.0. The number of H-pyrrole nitrogens is 1. The fraction of sp³-hybridized carbons (Fsp3) is 0.448. The molecule has 1 aromatic carbocycles. The number of piperazine rings is 1. The molecule has 2 amide bonds. The van der Waals surface area contributed by atoms with E-state index < -0.39 is 17.8 Å². The number of ether oxygens (including phenoxy) is 1. The first kappa shape index (κ1) is 29.6. The van der Waals surface area contributed by atoms with Crippen LogP contribution in [0.15, 0.2) is 30.7 Å². The van der Waals surface area contributed by atoms with E-state index in [1.54, 1.807) is 14.1 Å². The van der Waals surface area contributed by atoms with Crippen molar-refractivity contribution >= 4 is 40.3 Å². The topological polar surface area (TPSA) is 147 Å². The molecular formula is C29H35FN10O3. The maximum absolute atomic E-state index is 13.8. The highest BCUT2D eigenvalue weighted by Crippen LogP contribution is 2.45. The van der Waals surface area contributed by atoms with E-state index in [4.69, 9.17) is 14.7 Å². The second-order valence-corrected chi connectivity index (χ2v) is 10.9. The molecule has 2 N–H and O–H groups in total. The fourth-order valence-electron chi connectivity index (χ4n) is 5.63. The third-order valence-electron chi connectivity index (χ3n) is 7.96. The highest BCUT2D eigenvalue weighted by Gasteiger charge is 2.37. The number of anilines is 3. The molecule has 43 heavy (non-hydrogen) atoms. The fourth-order valence-corrected chi connectivity index (χ4v) is 5.63. The molecule has 2 aliphatic heterocycles. The average molecular weight is 591 g/mol. The van der Waals surface area contributed by atoms with Crippen molar-refractivity contribution in [2.75, 3.05) is 69.0 Å². The molecule has 3 aromatic rings. The van der Waals surface area contributed by atoms with Crippen LogP contribution >= 0.6 is 0 Å². The number of nitriles is 1. The maximum atomic E-state index is 13.8. The Morgan fingerprint density at radius 3 is 2.77 bits per heavy atom. The predicted octanol–water partition coefficient (Wildman–Crippen LogP) is 2.54. The molecule has 14 heteroatoms. The number of hydrogen-bond donors (Lipinski definition) is 2. The molecule has 226 valence electrons. The first-order chi connectivity index (χ1) is 20.6. The second kappa shape index (κ2) is 12.1. The molecule has 2 aromatic heterocycles. The number of carbonyl (C=O) groups excluding carboxylic acids is 2. The van der Waals surface area contributed by atoms with Crippen molar-refractivity contribution in [3.8, 4) is 11.8 Å². The van der Waals surface area contributed by atoms with Crippen LogP contribution in [0, 0.1) is 18.3 Å².